The van der Waals surface area contributed by atoms with Gasteiger partial charge in [0.15, 0.2) is 28.4 Å². The van der Waals surface area contributed by atoms with Gasteiger partial charge in [0.05, 0.1) is 5.25 Å². The van der Waals surface area contributed by atoms with Crippen LogP contribution in [0.4, 0.5) is 13.2 Å². The van der Waals surface area contributed by atoms with E-state index in [2.05, 4.69) is 4.74 Å². The Labute approximate surface area is 108 Å². The Bertz CT molecular complexity index is 554. The van der Waals surface area contributed by atoms with Crippen molar-refractivity contribution in [3.8, 4) is 5.75 Å². The second-order valence-electron chi connectivity index (χ2n) is 4.06. The van der Waals surface area contributed by atoms with Gasteiger partial charge in [0.2, 0.25) is 6.20 Å². The molecule has 0 aromatic carbocycles. The molecule has 1 rings (SSSR count). The van der Waals surface area contributed by atoms with E-state index in [1.807, 2.05) is 0 Å². The third-order valence-corrected chi connectivity index (χ3v) is 4.27. The fourth-order valence-electron chi connectivity index (χ4n) is 1.17. The second kappa shape index (κ2) is 5.24. The number of nitrogens with zero attached hydrogens (tertiary/aromatic N) is 1. The van der Waals surface area contributed by atoms with Crippen LogP contribution in [-0.4, -0.2) is 26.5 Å². The second-order valence-corrected chi connectivity index (χ2v) is 6.57. The van der Waals surface area contributed by atoms with E-state index in [9.17, 15) is 26.8 Å². The minimum Gasteiger partial charge on any atom is -0.619 e. The Morgan fingerprint density at radius 2 is 1.95 bits per heavy atom. The van der Waals surface area contributed by atoms with Crippen molar-refractivity contribution >= 4 is 9.84 Å². The number of halogens is 3. The number of aromatic nitrogens is 1. The first-order valence-corrected chi connectivity index (χ1v) is 6.74. The number of hydrogen-bond donors (Lipinski definition) is 0. The Balaban J connectivity index is 3.08. The highest BCUT2D eigenvalue weighted by Crippen LogP contribution is 2.21. The van der Waals surface area contributed by atoms with Gasteiger partial charge in [-0.1, -0.05) is 0 Å². The van der Waals surface area contributed by atoms with Gasteiger partial charge in [-0.2, -0.15) is 17.9 Å². The summed E-state index contributed by atoms with van der Waals surface area (Å²) in [5.41, 5.74) is 0. The first-order chi connectivity index (χ1) is 8.52. The Morgan fingerprint density at radius 3 is 2.42 bits per heavy atom. The molecule has 0 aliphatic heterocycles. The van der Waals surface area contributed by atoms with E-state index in [1.165, 1.54) is 13.8 Å². The summed E-state index contributed by atoms with van der Waals surface area (Å²) in [6.45, 7) is 1.19. The molecule has 5 nitrogen and oxygen atoms in total. The maximum atomic E-state index is 12.0. The first kappa shape index (κ1) is 15.5. The fraction of sp³-hybridized carbons (Fsp3) is 0.500. The van der Waals surface area contributed by atoms with Crippen LogP contribution in [0, 0.1) is 5.21 Å². The summed E-state index contributed by atoms with van der Waals surface area (Å²) in [7, 11) is -3.76. The monoisotopic (exact) mass is 299 g/mol. The molecular weight excluding hydrogens is 287 g/mol. The molecule has 0 radical (unpaired) electrons. The van der Waals surface area contributed by atoms with Crippen LogP contribution in [0.2, 0.25) is 0 Å². The largest absolute Gasteiger partial charge is 0.619 e. The summed E-state index contributed by atoms with van der Waals surface area (Å²) in [5.74, 6) is -0.450. The van der Waals surface area contributed by atoms with Crippen molar-refractivity contribution in [3.05, 3.63) is 23.7 Å². The SMILES string of the molecule is CC(C)S(=O)(=O)c1cc(OCC(F)(F)F)c[n+]([O-])c1. The lowest BCUT2D eigenvalue weighted by atomic mass is 10.4. The maximum absolute atomic E-state index is 12.0. The third kappa shape index (κ3) is 4.27. The Hall–Kier alpha value is -1.51. The number of rotatable bonds is 4. The van der Waals surface area contributed by atoms with Crippen molar-refractivity contribution in [3.63, 3.8) is 0 Å². The van der Waals surface area contributed by atoms with Crippen molar-refractivity contribution in [1.82, 2.24) is 0 Å². The van der Waals surface area contributed by atoms with Crippen LogP contribution in [0.3, 0.4) is 0 Å². The molecule has 0 fully saturated rings. The van der Waals surface area contributed by atoms with Crippen LogP contribution in [0.1, 0.15) is 13.8 Å². The quantitative estimate of drug-likeness (QED) is 0.623. The highest BCUT2D eigenvalue weighted by atomic mass is 32.2. The minimum atomic E-state index is -4.57. The van der Waals surface area contributed by atoms with Gasteiger partial charge in [-0.3, -0.25) is 0 Å². The van der Waals surface area contributed by atoms with Gasteiger partial charge in [0.25, 0.3) is 0 Å². The molecule has 0 atom stereocenters. The number of ether oxygens (including phenoxy) is 1. The van der Waals surface area contributed by atoms with Gasteiger partial charge < -0.3 is 9.94 Å². The van der Waals surface area contributed by atoms with Gasteiger partial charge >= 0.3 is 6.18 Å². The van der Waals surface area contributed by atoms with Crippen LogP contribution in [0.5, 0.6) is 5.75 Å². The summed E-state index contributed by atoms with van der Waals surface area (Å²) in [4.78, 5) is -0.378. The highest BCUT2D eigenvalue weighted by molar-refractivity contribution is 7.92. The van der Waals surface area contributed by atoms with Crippen molar-refractivity contribution in [2.24, 2.45) is 0 Å². The van der Waals surface area contributed by atoms with E-state index in [0.717, 1.165) is 18.5 Å². The van der Waals surface area contributed by atoms with E-state index >= 15 is 0 Å². The summed E-state index contributed by atoms with van der Waals surface area (Å²) in [6.07, 6.45) is -3.07. The third-order valence-electron chi connectivity index (χ3n) is 2.15. The minimum absolute atomic E-state index is 0.0982. The maximum Gasteiger partial charge on any atom is 0.422 e. The fourth-order valence-corrected chi connectivity index (χ4v) is 2.25. The molecule has 0 aliphatic rings. The predicted molar refractivity (Wildman–Crippen MR) is 59.3 cm³/mol. The van der Waals surface area contributed by atoms with E-state index in [0.29, 0.717) is 0 Å². The first-order valence-electron chi connectivity index (χ1n) is 5.19. The summed E-state index contributed by atoms with van der Waals surface area (Å²) < 4.78 is 64.0. The summed E-state index contributed by atoms with van der Waals surface area (Å²) >= 11 is 0. The highest BCUT2D eigenvalue weighted by Gasteiger charge is 2.29. The molecule has 0 N–H and O–H groups in total. The lowest BCUT2D eigenvalue weighted by Crippen LogP contribution is -2.29. The van der Waals surface area contributed by atoms with E-state index in [-0.39, 0.29) is 9.63 Å². The van der Waals surface area contributed by atoms with Gasteiger partial charge in [0.1, 0.15) is 4.90 Å². The lowest BCUT2D eigenvalue weighted by Gasteiger charge is -2.11. The normalized spacial score (nSPS) is 12.7. The molecule has 1 aromatic rings. The van der Waals surface area contributed by atoms with E-state index in [4.69, 9.17) is 0 Å². The van der Waals surface area contributed by atoms with Crippen molar-refractivity contribution in [2.45, 2.75) is 30.2 Å². The zero-order valence-corrected chi connectivity index (χ0v) is 11.0. The smallest absolute Gasteiger partial charge is 0.422 e. The molecule has 0 spiro atoms. The Morgan fingerprint density at radius 1 is 1.37 bits per heavy atom. The molecule has 1 aromatic heterocycles. The van der Waals surface area contributed by atoms with E-state index in [1.54, 1.807) is 0 Å². The summed E-state index contributed by atoms with van der Waals surface area (Å²) in [5, 5.41) is 10.4. The molecule has 0 amide bonds. The van der Waals surface area contributed by atoms with Crippen LogP contribution in [0.25, 0.3) is 0 Å². The van der Waals surface area contributed by atoms with Gasteiger partial charge in [-0.25, -0.2) is 8.42 Å². The zero-order valence-electron chi connectivity index (χ0n) is 10.1. The van der Waals surface area contributed by atoms with Crippen molar-refractivity contribution in [1.29, 1.82) is 0 Å². The lowest BCUT2D eigenvalue weighted by molar-refractivity contribution is -0.608. The zero-order chi connectivity index (χ0) is 14.8. The van der Waals surface area contributed by atoms with Crippen LogP contribution < -0.4 is 9.47 Å². The standard InChI is InChI=1S/C10H12F3NO4S/c1-7(2)19(16,17)9-3-8(4-14(15)5-9)18-6-10(11,12)13/h3-5,7H,6H2,1-2H3. The molecular formula is C10H12F3NO4S. The van der Waals surface area contributed by atoms with Crippen LogP contribution in [0.15, 0.2) is 23.4 Å². The molecule has 0 saturated heterocycles. The average Bonchev–Trinajstić information content (AvgIpc) is 2.24. The molecule has 0 aliphatic carbocycles. The molecule has 1 heterocycles. The molecule has 19 heavy (non-hydrogen) atoms. The van der Waals surface area contributed by atoms with E-state index < -0.39 is 33.6 Å². The number of pyridine rings is 1. The number of hydrogen-bond acceptors (Lipinski definition) is 4. The molecule has 0 bridgehead atoms. The topological polar surface area (TPSA) is 70.3 Å². The molecule has 108 valence electrons. The average molecular weight is 299 g/mol. The molecule has 0 saturated carbocycles. The van der Waals surface area contributed by atoms with Crippen LogP contribution >= 0.6 is 0 Å². The number of alkyl halides is 3. The van der Waals surface area contributed by atoms with Gasteiger partial charge in [-0.15, -0.1) is 0 Å². The number of sulfone groups is 1. The molecule has 0 unspecified atom stereocenters. The summed E-state index contributed by atoms with van der Waals surface area (Å²) in [6, 6.07) is 0.898. The van der Waals surface area contributed by atoms with Crippen LogP contribution in [-0.2, 0) is 9.84 Å². The van der Waals surface area contributed by atoms with Gasteiger partial charge in [-0.05, 0) is 13.8 Å². The Kier molecular flexibility index (Phi) is 4.28. The molecule has 9 heteroatoms. The van der Waals surface area contributed by atoms with Gasteiger partial charge in [0, 0.05) is 6.07 Å². The van der Waals surface area contributed by atoms with Crippen molar-refractivity contribution in [2.75, 3.05) is 6.61 Å². The van der Waals surface area contributed by atoms with Crippen molar-refractivity contribution < 1.29 is 31.1 Å². The predicted octanol–water partition coefficient (Wildman–Crippen LogP) is 1.44.